The van der Waals surface area contributed by atoms with Crippen molar-refractivity contribution in [1.29, 1.82) is 0 Å². The molecule has 0 N–H and O–H groups in total. The van der Waals surface area contributed by atoms with E-state index in [0.717, 1.165) is 12.2 Å². The van der Waals surface area contributed by atoms with Crippen molar-refractivity contribution in [1.82, 2.24) is 0 Å². The van der Waals surface area contributed by atoms with Crippen molar-refractivity contribution in [3.05, 3.63) is 65.7 Å². The van der Waals surface area contributed by atoms with Crippen LogP contribution >= 0.6 is 11.8 Å². The molecule has 1 nitrogen and oxygen atoms in total. The van der Waals surface area contributed by atoms with Crippen molar-refractivity contribution in [3.8, 4) is 0 Å². The highest BCUT2D eigenvalue weighted by atomic mass is 32.2. The molecule has 3 rings (SSSR count). The second-order valence-electron chi connectivity index (χ2n) is 4.85. The molecule has 1 aliphatic rings. The number of hydrogen-bond donors (Lipinski definition) is 0. The lowest BCUT2D eigenvalue weighted by atomic mass is 9.93. The number of ketones is 1. The minimum absolute atomic E-state index is 0.102. The molecule has 1 aliphatic heterocycles. The van der Waals surface area contributed by atoms with Gasteiger partial charge in [0.2, 0.25) is 0 Å². The number of thioether (sulfide) groups is 1. The summed E-state index contributed by atoms with van der Waals surface area (Å²) in [5.41, 5.74) is 2.47. The number of Topliss-reactive ketones (excluding diaryl/α,β-unsaturated/α-hetero) is 1. The van der Waals surface area contributed by atoms with E-state index >= 15 is 0 Å². The summed E-state index contributed by atoms with van der Waals surface area (Å²) < 4.78 is 0. The average Bonchev–Trinajstić information content (AvgIpc) is 2.90. The van der Waals surface area contributed by atoms with Gasteiger partial charge in [-0.3, -0.25) is 4.79 Å². The Hall–Kier alpha value is -1.54. The normalized spacial score (nSPS) is 17.2. The molecule has 0 fully saturated rings. The van der Waals surface area contributed by atoms with E-state index in [9.17, 15) is 4.79 Å². The summed E-state index contributed by atoms with van der Waals surface area (Å²) in [5.74, 6) is 1.39. The van der Waals surface area contributed by atoms with E-state index in [1.165, 1.54) is 16.0 Å². The molecule has 2 heteroatoms. The molecule has 1 heterocycles. The van der Waals surface area contributed by atoms with Crippen LogP contribution in [0.15, 0.2) is 59.5 Å². The number of hydrogen-bond acceptors (Lipinski definition) is 2. The van der Waals surface area contributed by atoms with Crippen LogP contribution < -0.4 is 0 Å². The molecule has 1 atom stereocenters. The SMILES string of the molecule is O=C(CCc1ccccc1)C1CSc2ccccc21. The zero-order valence-electron chi connectivity index (χ0n) is 10.7. The Morgan fingerprint density at radius 3 is 2.63 bits per heavy atom. The van der Waals surface area contributed by atoms with Gasteiger partial charge in [-0.25, -0.2) is 0 Å². The third kappa shape index (κ3) is 2.74. The van der Waals surface area contributed by atoms with Crippen molar-refractivity contribution in [3.63, 3.8) is 0 Å². The standard InChI is InChI=1S/C17H16OS/c18-16(11-10-13-6-2-1-3-7-13)15-12-19-17-9-5-4-8-14(15)17/h1-9,15H,10-12H2. The summed E-state index contributed by atoms with van der Waals surface area (Å²) in [7, 11) is 0. The van der Waals surface area contributed by atoms with E-state index < -0.39 is 0 Å². The smallest absolute Gasteiger partial charge is 0.141 e. The number of carbonyl (C=O) groups is 1. The first-order valence-corrected chi connectivity index (χ1v) is 7.61. The molecule has 2 aromatic carbocycles. The van der Waals surface area contributed by atoms with Crippen LogP contribution in [0.2, 0.25) is 0 Å². The van der Waals surface area contributed by atoms with Gasteiger partial charge in [0.15, 0.2) is 0 Å². The van der Waals surface area contributed by atoms with Crippen LogP contribution in [-0.2, 0) is 11.2 Å². The molecular formula is C17H16OS. The van der Waals surface area contributed by atoms with Crippen molar-refractivity contribution in [2.24, 2.45) is 0 Å². The molecular weight excluding hydrogens is 252 g/mol. The summed E-state index contributed by atoms with van der Waals surface area (Å²) in [6, 6.07) is 18.5. The fourth-order valence-corrected chi connectivity index (χ4v) is 3.78. The summed E-state index contributed by atoms with van der Waals surface area (Å²) in [6.07, 6.45) is 1.49. The summed E-state index contributed by atoms with van der Waals surface area (Å²) >= 11 is 1.81. The topological polar surface area (TPSA) is 17.1 Å². The number of fused-ring (bicyclic) bond motifs is 1. The second kappa shape index (κ2) is 5.62. The summed E-state index contributed by atoms with van der Waals surface area (Å²) in [4.78, 5) is 13.6. The highest BCUT2D eigenvalue weighted by Crippen LogP contribution is 2.40. The van der Waals surface area contributed by atoms with Gasteiger partial charge < -0.3 is 0 Å². The molecule has 0 aromatic heterocycles. The summed E-state index contributed by atoms with van der Waals surface area (Å²) in [5, 5.41) is 0. The highest BCUT2D eigenvalue weighted by molar-refractivity contribution is 7.99. The van der Waals surface area contributed by atoms with Crippen LogP contribution in [0.1, 0.15) is 23.5 Å². The van der Waals surface area contributed by atoms with Gasteiger partial charge in [0.05, 0.1) is 5.92 Å². The minimum atomic E-state index is 0.102. The van der Waals surface area contributed by atoms with E-state index in [0.29, 0.717) is 12.2 Å². The predicted octanol–water partition coefficient (Wildman–Crippen LogP) is 4.08. The molecule has 0 bridgehead atoms. The number of benzene rings is 2. The van der Waals surface area contributed by atoms with Crippen molar-refractivity contribution < 1.29 is 4.79 Å². The molecule has 1 unspecified atom stereocenters. The first-order valence-electron chi connectivity index (χ1n) is 6.63. The van der Waals surface area contributed by atoms with Gasteiger partial charge in [-0.05, 0) is 23.6 Å². The van der Waals surface area contributed by atoms with Gasteiger partial charge in [0.25, 0.3) is 0 Å². The number of carbonyl (C=O) groups excluding carboxylic acids is 1. The average molecular weight is 268 g/mol. The second-order valence-corrected chi connectivity index (χ2v) is 5.92. The lowest BCUT2D eigenvalue weighted by Gasteiger charge is -2.09. The Kier molecular flexibility index (Phi) is 3.69. The van der Waals surface area contributed by atoms with E-state index in [4.69, 9.17) is 0 Å². The lowest BCUT2D eigenvalue weighted by Crippen LogP contribution is -2.12. The third-order valence-electron chi connectivity index (χ3n) is 3.59. The van der Waals surface area contributed by atoms with E-state index in [1.54, 1.807) is 11.8 Å². The van der Waals surface area contributed by atoms with Gasteiger partial charge in [0, 0.05) is 17.1 Å². The van der Waals surface area contributed by atoms with Crippen LogP contribution in [0, 0.1) is 0 Å². The fourth-order valence-electron chi connectivity index (χ4n) is 2.52. The summed E-state index contributed by atoms with van der Waals surface area (Å²) in [6.45, 7) is 0. The number of rotatable bonds is 4. The van der Waals surface area contributed by atoms with Crippen molar-refractivity contribution in [2.45, 2.75) is 23.7 Å². The monoisotopic (exact) mass is 268 g/mol. The predicted molar refractivity (Wildman–Crippen MR) is 79.7 cm³/mol. The van der Waals surface area contributed by atoms with E-state index in [-0.39, 0.29) is 5.92 Å². The Morgan fingerprint density at radius 1 is 1.05 bits per heavy atom. The lowest BCUT2D eigenvalue weighted by molar-refractivity contribution is -0.120. The van der Waals surface area contributed by atoms with E-state index in [1.807, 2.05) is 30.3 Å². The molecule has 0 radical (unpaired) electrons. The zero-order chi connectivity index (χ0) is 13.1. The molecule has 19 heavy (non-hydrogen) atoms. The Balaban J connectivity index is 1.66. The van der Waals surface area contributed by atoms with Crippen molar-refractivity contribution in [2.75, 3.05) is 5.75 Å². The Labute approximate surface area is 118 Å². The van der Waals surface area contributed by atoms with Crippen LogP contribution in [0.4, 0.5) is 0 Å². The Bertz CT molecular complexity index is 577. The van der Waals surface area contributed by atoms with E-state index in [2.05, 4.69) is 24.3 Å². The largest absolute Gasteiger partial charge is 0.299 e. The maximum absolute atomic E-state index is 12.4. The molecule has 0 aliphatic carbocycles. The molecule has 0 saturated heterocycles. The fraction of sp³-hybridized carbons (Fsp3) is 0.235. The van der Waals surface area contributed by atoms with Gasteiger partial charge >= 0.3 is 0 Å². The first kappa shape index (κ1) is 12.5. The van der Waals surface area contributed by atoms with Crippen LogP contribution in [0.25, 0.3) is 0 Å². The third-order valence-corrected chi connectivity index (χ3v) is 4.77. The van der Waals surface area contributed by atoms with Crippen LogP contribution in [-0.4, -0.2) is 11.5 Å². The first-order chi connectivity index (χ1) is 9.34. The number of aryl methyl sites for hydroxylation is 1. The van der Waals surface area contributed by atoms with Gasteiger partial charge in [-0.15, -0.1) is 11.8 Å². The zero-order valence-corrected chi connectivity index (χ0v) is 11.5. The van der Waals surface area contributed by atoms with Gasteiger partial charge in [0.1, 0.15) is 5.78 Å². The molecule has 0 saturated carbocycles. The minimum Gasteiger partial charge on any atom is -0.299 e. The maximum Gasteiger partial charge on any atom is 0.141 e. The molecule has 2 aromatic rings. The highest BCUT2D eigenvalue weighted by Gasteiger charge is 2.28. The molecule has 0 spiro atoms. The van der Waals surface area contributed by atoms with Gasteiger partial charge in [-0.1, -0.05) is 48.5 Å². The Morgan fingerprint density at radius 2 is 1.79 bits per heavy atom. The molecule has 0 amide bonds. The van der Waals surface area contributed by atoms with Crippen LogP contribution in [0.3, 0.4) is 0 Å². The quantitative estimate of drug-likeness (QED) is 0.831. The van der Waals surface area contributed by atoms with Crippen molar-refractivity contribution >= 4 is 17.5 Å². The van der Waals surface area contributed by atoms with Crippen LogP contribution in [0.5, 0.6) is 0 Å². The van der Waals surface area contributed by atoms with Gasteiger partial charge in [-0.2, -0.15) is 0 Å². The molecule has 96 valence electrons. The maximum atomic E-state index is 12.4.